The summed E-state index contributed by atoms with van der Waals surface area (Å²) in [5, 5.41) is 2.50. The minimum Gasteiger partial charge on any atom is -0.404 e. The highest BCUT2D eigenvalue weighted by atomic mass is 31.2. The van der Waals surface area contributed by atoms with E-state index in [4.69, 9.17) is 9.79 Å². The van der Waals surface area contributed by atoms with Gasteiger partial charge in [-0.2, -0.15) is 0 Å². The van der Waals surface area contributed by atoms with Crippen LogP contribution in [0.25, 0.3) is 0 Å². The van der Waals surface area contributed by atoms with E-state index >= 15 is 0 Å². The highest BCUT2D eigenvalue weighted by molar-refractivity contribution is 7.46. The summed E-state index contributed by atoms with van der Waals surface area (Å²) in [6.45, 7) is 5.01. The smallest absolute Gasteiger partial charge is 0.404 e. The molecule has 7 heteroatoms. The molecule has 0 atom stereocenters. The normalized spacial score (nSPS) is 10.8. The largest absolute Gasteiger partial charge is 0.524 e. The van der Waals surface area contributed by atoms with Gasteiger partial charge in [0.25, 0.3) is 5.91 Å². The van der Waals surface area contributed by atoms with Crippen LogP contribution in [0.5, 0.6) is 5.75 Å². The molecular formula is C10H12NO5P. The van der Waals surface area contributed by atoms with Gasteiger partial charge in [-0.3, -0.25) is 14.6 Å². The van der Waals surface area contributed by atoms with Crippen molar-refractivity contribution < 1.29 is 23.7 Å². The predicted molar refractivity (Wildman–Crippen MR) is 62.6 cm³/mol. The highest BCUT2D eigenvalue weighted by Crippen LogP contribution is 2.38. The highest BCUT2D eigenvalue weighted by Gasteiger charge is 2.16. The molecule has 0 spiro atoms. The van der Waals surface area contributed by atoms with Gasteiger partial charge < -0.3 is 9.84 Å². The zero-order valence-electron chi connectivity index (χ0n) is 9.08. The summed E-state index contributed by atoms with van der Waals surface area (Å²) < 4.78 is 15.0. The number of nitrogens with one attached hydrogen (secondary N) is 1. The second kappa shape index (κ2) is 5.14. The maximum absolute atomic E-state index is 11.3. The minimum absolute atomic E-state index is 0.0298. The van der Waals surface area contributed by atoms with E-state index in [0.717, 1.165) is 0 Å². The first-order valence-electron chi connectivity index (χ1n) is 4.60. The Bertz CT molecular complexity index is 493. The summed E-state index contributed by atoms with van der Waals surface area (Å²) in [6, 6.07) is 5.74. The standard InChI is InChI=1S/C10H12NO5P/c1-7(2)10(12)11-8-4-3-5-9(6-8)16-17(13,14)15/h3-6H,1H2,2H3,(H,11,12)(H2,13,14,15). The molecule has 3 N–H and O–H groups in total. The van der Waals surface area contributed by atoms with Crippen LogP contribution in [0.2, 0.25) is 0 Å². The van der Waals surface area contributed by atoms with Gasteiger partial charge in [-0.1, -0.05) is 12.6 Å². The lowest BCUT2D eigenvalue weighted by Gasteiger charge is -2.09. The third-order valence-corrected chi connectivity index (χ3v) is 2.15. The first kappa shape index (κ1) is 13.4. The molecule has 0 saturated carbocycles. The second-order valence-corrected chi connectivity index (χ2v) is 4.51. The fourth-order valence-corrected chi connectivity index (χ4v) is 1.39. The zero-order chi connectivity index (χ0) is 13.1. The number of amides is 1. The molecule has 92 valence electrons. The Morgan fingerprint density at radius 3 is 2.65 bits per heavy atom. The van der Waals surface area contributed by atoms with E-state index in [-0.39, 0.29) is 11.7 Å². The molecule has 0 aliphatic heterocycles. The summed E-state index contributed by atoms with van der Waals surface area (Å²) in [5.74, 6) is -0.406. The molecule has 0 heterocycles. The molecule has 17 heavy (non-hydrogen) atoms. The van der Waals surface area contributed by atoms with Crippen molar-refractivity contribution in [2.24, 2.45) is 0 Å². The van der Waals surface area contributed by atoms with Gasteiger partial charge in [0.15, 0.2) is 0 Å². The fourth-order valence-electron chi connectivity index (χ4n) is 1.01. The summed E-state index contributed by atoms with van der Waals surface area (Å²) in [6.07, 6.45) is 0. The Morgan fingerprint density at radius 1 is 1.47 bits per heavy atom. The topological polar surface area (TPSA) is 95.9 Å². The van der Waals surface area contributed by atoms with Crippen molar-refractivity contribution in [1.29, 1.82) is 0 Å². The Morgan fingerprint density at radius 2 is 2.12 bits per heavy atom. The van der Waals surface area contributed by atoms with E-state index in [0.29, 0.717) is 11.3 Å². The van der Waals surface area contributed by atoms with E-state index in [9.17, 15) is 9.36 Å². The number of carbonyl (C=O) groups excluding carboxylic acids is 1. The van der Waals surface area contributed by atoms with Gasteiger partial charge in [0.2, 0.25) is 0 Å². The maximum atomic E-state index is 11.3. The lowest BCUT2D eigenvalue weighted by Crippen LogP contribution is -2.11. The number of phosphoric acid groups is 1. The Labute approximate surface area is 98.2 Å². The SMILES string of the molecule is C=C(C)C(=O)Nc1cccc(OP(=O)(O)O)c1. The maximum Gasteiger partial charge on any atom is 0.524 e. The number of hydrogen-bond donors (Lipinski definition) is 3. The van der Waals surface area contributed by atoms with Gasteiger partial charge in [-0.25, -0.2) is 4.57 Å². The Balaban J connectivity index is 2.83. The molecule has 0 aliphatic carbocycles. The lowest BCUT2D eigenvalue weighted by atomic mass is 10.2. The van der Waals surface area contributed by atoms with E-state index in [2.05, 4.69) is 16.4 Å². The van der Waals surface area contributed by atoms with Gasteiger partial charge in [0.05, 0.1) is 0 Å². The molecule has 0 aromatic heterocycles. The molecule has 0 unspecified atom stereocenters. The number of anilines is 1. The Kier molecular flexibility index (Phi) is 4.07. The minimum atomic E-state index is -4.59. The zero-order valence-corrected chi connectivity index (χ0v) is 9.98. The average molecular weight is 257 g/mol. The Hall–Kier alpha value is -1.62. The monoisotopic (exact) mass is 257 g/mol. The quantitative estimate of drug-likeness (QED) is 0.563. The van der Waals surface area contributed by atoms with Crippen molar-refractivity contribution in [2.45, 2.75) is 6.92 Å². The van der Waals surface area contributed by atoms with E-state index in [1.165, 1.54) is 18.2 Å². The van der Waals surface area contributed by atoms with Gasteiger partial charge >= 0.3 is 7.82 Å². The summed E-state index contributed by atoms with van der Waals surface area (Å²) in [4.78, 5) is 28.5. The van der Waals surface area contributed by atoms with Crippen LogP contribution in [0.3, 0.4) is 0 Å². The molecule has 6 nitrogen and oxygen atoms in total. The van der Waals surface area contributed by atoms with Crippen LogP contribution >= 0.6 is 7.82 Å². The molecule has 0 radical (unpaired) electrons. The number of hydrogen-bond acceptors (Lipinski definition) is 3. The molecular weight excluding hydrogens is 245 g/mol. The van der Waals surface area contributed by atoms with Crippen LogP contribution in [-0.2, 0) is 9.36 Å². The summed E-state index contributed by atoms with van der Waals surface area (Å²) in [5.41, 5.74) is 0.690. The van der Waals surface area contributed by atoms with Crippen molar-refractivity contribution in [3.63, 3.8) is 0 Å². The van der Waals surface area contributed by atoms with E-state index in [1.54, 1.807) is 13.0 Å². The molecule has 0 bridgehead atoms. The van der Waals surface area contributed by atoms with Crippen molar-refractivity contribution in [2.75, 3.05) is 5.32 Å². The van der Waals surface area contributed by atoms with Crippen molar-refractivity contribution in [3.8, 4) is 5.75 Å². The van der Waals surface area contributed by atoms with Crippen molar-refractivity contribution in [3.05, 3.63) is 36.4 Å². The molecule has 1 aromatic carbocycles. The van der Waals surface area contributed by atoms with E-state index < -0.39 is 7.82 Å². The van der Waals surface area contributed by atoms with Crippen LogP contribution in [0.1, 0.15) is 6.92 Å². The average Bonchev–Trinajstić information content (AvgIpc) is 2.15. The third kappa shape index (κ3) is 4.82. The third-order valence-electron chi connectivity index (χ3n) is 1.70. The molecule has 1 amide bonds. The molecule has 0 saturated heterocycles. The van der Waals surface area contributed by atoms with Crippen LogP contribution < -0.4 is 9.84 Å². The van der Waals surface area contributed by atoms with Crippen LogP contribution in [-0.4, -0.2) is 15.7 Å². The molecule has 0 aliphatic rings. The van der Waals surface area contributed by atoms with Gasteiger partial charge in [-0.05, 0) is 19.1 Å². The number of carbonyl (C=O) groups is 1. The first-order chi connectivity index (χ1) is 7.78. The van der Waals surface area contributed by atoms with Gasteiger partial charge in [0.1, 0.15) is 5.75 Å². The van der Waals surface area contributed by atoms with Crippen LogP contribution in [0.4, 0.5) is 5.69 Å². The number of rotatable bonds is 4. The van der Waals surface area contributed by atoms with Crippen LogP contribution in [0.15, 0.2) is 36.4 Å². The number of phosphoric ester groups is 1. The van der Waals surface area contributed by atoms with Crippen molar-refractivity contribution >= 4 is 19.4 Å². The first-order valence-corrected chi connectivity index (χ1v) is 6.13. The number of benzene rings is 1. The van der Waals surface area contributed by atoms with Gasteiger partial charge in [-0.15, -0.1) is 0 Å². The van der Waals surface area contributed by atoms with Gasteiger partial charge in [0, 0.05) is 17.3 Å². The fraction of sp³-hybridized carbons (Fsp3) is 0.100. The molecule has 1 aromatic rings. The second-order valence-electron chi connectivity index (χ2n) is 3.34. The molecule has 1 rings (SSSR count). The van der Waals surface area contributed by atoms with E-state index in [1.807, 2.05) is 0 Å². The predicted octanol–water partition coefficient (Wildman–Crippen LogP) is 1.67. The van der Waals surface area contributed by atoms with Crippen molar-refractivity contribution in [1.82, 2.24) is 0 Å². The summed E-state index contributed by atoms with van der Waals surface area (Å²) in [7, 11) is -4.59. The molecule has 0 fully saturated rings. The lowest BCUT2D eigenvalue weighted by molar-refractivity contribution is -0.112. The van der Waals surface area contributed by atoms with Crippen LogP contribution in [0, 0.1) is 0 Å². The summed E-state index contributed by atoms with van der Waals surface area (Å²) >= 11 is 0.